The van der Waals surface area contributed by atoms with Crippen LogP contribution >= 0.6 is 0 Å². The molecule has 0 aromatic heterocycles. The highest BCUT2D eigenvalue weighted by Gasteiger charge is 2.34. The van der Waals surface area contributed by atoms with E-state index in [1.54, 1.807) is 0 Å². The van der Waals surface area contributed by atoms with Crippen LogP contribution in [0.5, 0.6) is 0 Å². The first-order valence-corrected chi connectivity index (χ1v) is 8.18. The summed E-state index contributed by atoms with van der Waals surface area (Å²) in [6, 6.07) is 17.1. The summed E-state index contributed by atoms with van der Waals surface area (Å²) in [6.45, 7) is 1.63. The predicted molar refractivity (Wildman–Crippen MR) is 91.5 cm³/mol. The van der Waals surface area contributed by atoms with Gasteiger partial charge in [-0.15, -0.1) is 0 Å². The van der Waals surface area contributed by atoms with Gasteiger partial charge in [0.05, 0.1) is 6.54 Å². The normalized spacial score (nSPS) is 17.5. The second-order valence-corrected chi connectivity index (χ2v) is 6.02. The van der Waals surface area contributed by atoms with Crippen molar-refractivity contribution in [1.29, 1.82) is 0 Å². The quantitative estimate of drug-likeness (QED) is 0.783. The van der Waals surface area contributed by atoms with Crippen LogP contribution in [0.1, 0.15) is 22.7 Å². The Hall–Kier alpha value is -2.66. The zero-order valence-corrected chi connectivity index (χ0v) is 13.7. The minimum absolute atomic E-state index is 0.269. The molecule has 5 heteroatoms. The Kier molecular flexibility index (Phi) is 4.91. The fourth-order valence-corrected chi connectivity index (χ4v) is 3.31. The van der Waals surface area contributed by atoms with E-state index in [4.69, 9.17) is 0 Å². The largest absolute Gasteiger partial charge is 0.341 e. The third-order valence-electron chi connectivity index (χ3n) is 4.52. The molecule has 3 N–H and O–H groups in total. The Morgan fingerprint density at radius 2 is 1.67 bits per heavy atom. The summed E-state index contributed by atoms with van der Waals surface area (Å²) in [7, 11) is 1.50. The Morgan fingerprint density at radius 3 is 2.38 bits per heavy atom. The number of carbonyl (C=O) groups excluding carboxylic acids is 2. The maximum atomic E-state index is 12.7. The van der Waals surface area contributed by atoms with E-state index in [2.05, 4.69) is 28.8 Å². The van der Waals surface area contributed by atoms with Gasteiger partial charge in [-0.1, -0.05) is 54.6 Å². The summed E-state index contributed by atoms with van der Waals surface area (Å²) >= 11 is 0. The highest BCUT2D eigenvalue weighted by Crippen LogP contribution is 2.15. The molecule has 3 amide bonds. The number of urea groups is 1. The molecule has 0 spiro atoms. The molecule has 124 valence electrons. The SMILES string of the molecule is CNC(=O)NC(=O)[C@@H](c1ccccc1)[NH+]1CCc2ccccc2C1. The Bertz CT molecular complexity index is 730. The van der Waals surface area contributed by atoms with Gasteiger partial charge in [0, 0.05) is 24.6 Å². The van der Waals surface area contributed by atoms with Gasteiger partial charge in [0.1, 0.15) is 6.54 Å². The Morgan fingerprint density at radius 1 is 1.00 bits per heavy atom. The van der Waals surface area contributed by atoms with Crippen molar-refractivity contribution in [2.75, 3.05) is 13.6 Å². The van der Waals surface area contributed by atoms with E-state index in [0.29, 0.717) is 0 Å². The van der Waals surface area contributed by atoms with Gasteiger partial charge in [0.25, 0.3) is 5.91 Å². The van der Waals surface area contributed by atoms with Crippen LogP contribution in [0.4, 0.5) is 4.79 Å². The molecule has 5 nitrogen and oxygen atoms in total. The lowest BCUT2D eigenvalue weighted by molar-refractivity contribution is -0.937. The molecule has 1 heterocycles. The zero-order chi connectivity index (χ0) is 16.9. The first kappa shape index (κ1) is 16.2. The van der Waals surface area contributed by atoms with Crippen molar-refractivity contribution < 1.29 is 14.5 Å². The molecule has 0 bridgehead atoms. The maximum absolute atomic E-state index is 12.7. The third kappa shape index (κ3) is 3.46. The molecule has 0 fully saturated rings. The van der Waals surface area contributed by atoms with Crippen molar-refractivity contribution in [3.8, 4) is 0 Å². The number of rotatable bonds is 3. The summed E-state index contributed by atoms with van der Waals surface area (Å²) < 4.78 is 0. The molecule has 1 aliphatic rings. The van der Waals surface area contributed by atoms with E-state index in [1.165, 1.54) is 18.2 Å². The number of hydrogen-bond acceptors (Lipinski definition) is 2. The molecule has 2 aromatic rings. The minimum atomic E-state index is -0.474. The third-order valence-corrected chi connectivity index (χ3v) is 4.52. The number of quaternary nitrogens is 1. The molecule has 0 saturated carbocycles. The van der Waals surface area contributed by atoms with E-state index in [1.807, 2.05) is 36.4 Å². The van der Waals surface area contributed by atoms with Crippen molar-refractivity contribution in [2.45, 2.75) is 19.0 Å². The van der Waals surface area contributed by atoms with Gasteiger partial charge in [0.15, 0.2) is 6.04 Å². The fraction of sp³-hybridized carbons (Fsp3) is 0.263. The number of nitrogens with one attached hydrogen (secondary N) is 3. The first-order valence-electron chi connectivity index (χ1n) is 8.18. The molecular weight excluding hydrogens is 302 g/mol. The number of fused-ring (bicyclic) bond motifs is 1. The highest BCUT2D eigenvalue weighted by atomic mass is 16.2. The molecule has 2 atom stereocenters. The second-order valence-electron chi connectivity index (χ2n) is 6.02. The summed E-state index contributed by atoms with van der Waals surface area (Å²) in [5, 5.41) is 4.88. The van der Waals surface area contributed by atoms with E-state index >= 15 is 0 Å². The van der Waals surface area contributed by atoms with Gasteiger partial charge in [0.2, 0.25) is 0 Å². The summed E-state index contributed by atoms with van der Waals surface area (Å²) in [5.41, 5.74) is 3.54. The van der Waals surface area contributed by atoms with Gasteiger partial charge in [-0.05, 0) is 5.56 Å². The Balaban J connectivity index is 1.88. The van der Waals surface area contributed by atoms with Crippen LogP contribution in [0.15, 0.2) is 54.6 Å². The average Bonchev–Trinajstić information content (AvgIpc) is 2.62. The highest BCUT2D eigenvalue weighted by molar-refractivity contribution is 5.96. The lowest BCUT2D eigenvalue weighted by Crippen LogP contribution is -3.13. The van der Waals surface area contributed by atoms with Crippen molar-refractivity contribution in [2.24, 2.45) is 0 Å². The molecule has 0 radical (unpaired) electrons. The lowest BCUT2D eigenvalue weighted by atomic mass is 9.96. The van der Waals surface area contributed by atoms with Crippen LogP contribution < -0.4 is 15.5 Å². The minimum Gasteiger partial charge on any atom is -0.341 e. The van der Waals surface area contributed by atoms with Crippen molar-refractivity contribution in [3.63, 3.8) is 0 Å². The standard InChI is InChI=1S/C19H21N3O2/c1-20-19(24)21-18(23)17(15-8-3-2-4-9-15)22-12-11-14-7-5-6-10-16(14)13-22/h2-10,17H,11-13H2,1H3,(H2,20,21,23,24)/p+1/t17-/m1/s1. The predicted octanol–water partition coefficient (Wildman–Crippen LogP) is 0.825. The molecule has 24 heavy (non-hydrogen) atoms. The van der Waals surface area contributed by atoms with Crippen LogP contribution in [0.2, 0.25) is 0 Å². The van der Waals surface area contributed by atoms with Crippen LogP contribution in [0.3, 0.4) is 0 Å². The van der Waals surface area contributed by atoms with E-state index < -0.39 is 12.1 Å². The van der Waals surface area contributed by atoms with Gasteiger partial charge < -0.3 is 10.2 Å². The molecule has 1 unspecified atom stereocenters. The smallest absolute Gasteiger partial charge is 0.321 e. The van der Waals surface area contributed by atoms with Gasteiger partial charge in [-0.2, -0.15) is 0 Å². The fourth-order valence-electron chi connectivity index (χ4n) is 3.31. The van der Waals surface area contributed by atoms with E-state index in [9.17, 15) is 9.59 Å². The van der Waals surface area contributed by atoms with Gasteiger partial charge in [-0.3, -0.25) is 10.1 Å². The maximum Gasteiger partial charge on any atom is 0.321 e. The van der Waals surface area contributed by atoms with Crippen LogP contribution in [0.25, 0.3) is 0 Å². The number of amides is 3. The monoisotopic (exact) mass is 324 g/mol. The first-order chi connectivity index (χ1) is 11.7. The van der Waals surface area contributed by atoms with Crippen LogP contribution in [-0.2, 0) is 17.8 Å². The molecule has 3 rings (SSSR count). The van der Waals surface area contributed by atoms with E-state index in [0.717, 1.165) is 30.0 Å². The molecular formula is C19H22N3O2+. The summed E-state index contributed by atoms with van der Waals surface area (Å²) in [5.74, 6) is -0.269. The van der Waals surface area contributed by atoms with Crippen molar-refractivity contribution in [1.82, 2.24) is 10.6 Å². The summed E-state index contributed by atoms with van der Waals surface area (Å²) in [6.07, 6.45) is 0.933. The lowest BCUT2D eigenvalue weighted by Gasteiger charge is -2.31. The van der Waals surface area contributed by atoms with Crippen LogP contribution in [-0.4, -0.2) is 25.5 Å². The van der Waals surface area contributed by atoms with Crippen LogP contribution in [0, 0.1) is 0 Å². The number of imide groups is 1. The van der Waals surface area contributed by atoms with E-state index in [-0.39, 0.29) is 5.91 Å². The second kappa shape index (κ2) is 7.27. The number of benzene rings is 2. The molecule has 2 aromatic carbocycles. The number of hydrogen-bond donors (Lipinski definition) is 3. The van der Waals surface area contributed by atoms with Crippen molar-refractivity contribution >= 4 is 11.9 Å². The van der Waals surface area contributed by atoms with Gasteiger partial charge in [-0.25, -0.2) is 4.79 Å². The summed E-state index contributed by atoms with van der Waals surface area (Å²) in [4.78, 5) is 25.5. The van der Waals surface area contributed by atoms with Crippen molar-refractivity contribution in [3.05, 3.63) is 71.3 Å². The number of carbonyl (C=O) groups is 2. The molecule has 1 aliphatic heterocycles. The van der Waals surface area contributed by atoms with Gasteiger partial charge >= 0.3 is 6.03 Å². The molecule has 0 saturated heterocycles. The Labute approximate surface area is 141 Å². The zero-order valence-electron chi connectivity index (χ0n) is 13.7. The topological polar surface area (TPSA) is 62.6 Å². The molecule has 0 aliphatic carbocycles. The average molecular weight is 324 g/mol.